The van der Waals surface area contributed by atoms with Gasteiger partial charge in [-0.15, -0.1) is 0 Å². The van der Waals surface area contributed by atoms with E-state index in [2.05, 4.69) is 0 Å². The van der Waals surface area contributed by atoms with Crippen molar-refractivity contribution in [2.75, 3.05) is 32.3 Å². The molecule has 2 rings (SSSR count). The molecule has 0 amide bonds. The molecule has 0 spiro atoms. The molecule has 2 aromatic carbocycles. The SMILES string of the molecule is COCCc1c(N)cc(N)cc1-c1ccc(OC)cc1. The first kappa shape index (κ1) is 14.2. The second-order valence-corrected chi connectivity index (χ2v) is 4.61. The van der Waals surface area contributed by atoms with E-state index in [1.807, 2.05) is 30.3 Å². The zero-order valence-electron chi connectivity index (χ0n) is 11.8. The zero-order valence-corrected chi connectivity index (χ0v) is 11.8. The van der Waals surface area contributed by atoms with Crippen LogP contribution in [0.1, 0.15) is 5.56 Å². The van der Waals surface area contributed by atoms with Crippen LogP contribution in [0.5, 0.6) is 5.75 Å². The van der Waals surface area contributed by atoms with Gasteiger partial charge in [-0.05, 0) is 47.4 Å². The summed E-state index contributed by atoms with van der Waals surface area (Å²) in [4.78, 5) is 0. The van der Waals surface area contributed by atoms with Crippen molar-refractivity contribution in [1.82, 2.24) is 0 Å². The van der Waals surface area contributed by atoms with Crippen molar-refractivity contribution in [3.63, 3.8) is 0 Å². The van der Waals surface area contributed by atoms with Crippen LogP contribution in [0.2, 0.25) is 0 Å². The van der Waals surface area contributed by atoms with Gasteiger partial charge in [-0.25, -0.2) is 0 Å². The van der Waals surface area contributed by atoms with E-state index in [9.17, 15) is 0 Å². The molecule has 0 unspecified atom stereocenters. The number of rotatable bonds is 5. The summed E-state index contributed by atoms with van der Waals surface area (Å²) in [6.45, 7) is 0.622. The van der Waals surface area contributed by atoms with Crippen LogP contribution in [-0.2, 0) is 11.2 Å². The Kier molecular flexibility index (Phi) is 4.48. The van der Waals surface area contributed by atoms with Crippen molar-refractivity contribution in [3.05, 3.63) is 42.0 Å². The summed E-state index contributed by atoms with van der Waals surface area (Å²) in [6.07, 6.45) is 0.754. The van der Waals surface area contributed by atoms with Crippen LogP contribution in [-0.4, -0.2) is 20.8 Å². The van der Waals surface area contributed by atoms with Crippen LogP contribution in [0.25, 0.3) is 11.1 Å². The minimum Gasteiger partial charge on any atom is -0.497 e. The molecule has 0 fully saturated rings. The van der Waals surface area contributed by atoms with Crippen LogP contribution >= 0.6 is 0 Å². The number of benzene rings is 2. The second-order valence-electron chi connectivity index (χ2n) is 4.61. The minimum absolute atomic E-state index is 0.622. The Labute approximate surface area is 119 Å². The molecule has 4 N–H and O–H groups in total. The fraction of sp³-hybridized carbons (Fsp3) is 0.250. The van der Waals surface area contributed by atoms with Gasteiger partial charge < -0.3 is 20.9 Å². The van der Waals surface area contributed by atoms with Crippen molar-refractivity contribution in [2.45, 2.75) is 6.42 Å². The predicted molar refractivity (Wildman–Crippen MR) is 82.8 cm³/mol. The van der Waals surface area contributed by atoms with Gasteiger partial charge in [0.05, 0.1) is 13.7 Å². The molecule has 0 saturated carbocycles. The topological polar surface area (TPSA) is 70.5 Å². The average molecular weight is 272 g/mol. The molecule has 0 aromatic heterocycles. The Hall–Kier alpha value is -2.20. The van der Waals surface area contributed by atoms with Crippen LogP contribution in [0.3, 0.4) is 0 Å². The van der Waals surface area contributed by atoms with E-state index >= 15 is 0 Å². The van der Waals surface area contributed by atoms with E-state index < -0.39 is 0 Å². The van der Waals surface area contributed by atoms with Gasteiger partial charge in [0.25, 0.3) is 0 Å². The molecule has 0 atom stereocenters. The Bertz CT molecular complexity index is 580. The fourth-order valence-corrected chi connectivity index (χ4v) is 2.23. The van der Waals surface area contributed by atoms with Crippen LogP contribution in [0.4, 0.5) is 11.4 Å². The summed E-state index contributed by atoms with van der Waals surface area (Å²) in [6, 6.07) is 11.6. The van der Waals surface area contributed by atoms with Crippen LogP contribution in [0.15, 0.2) is 36.4 Å². The van der Waals surface area contributed by atoms with E-state index in [4.69, 9.17) is 20.9 Å². The maximum Gasteiger partial charge on any atom is 0.118 e. The molecule has 0 aliphatic rings. The van der Waals surface area contributed by atoms with Crippen molar-refractivity contribution in [2.24, 2.45) is 0 Å². The highest BCUT2D eigenvalue weighted by Crippen LogP contribution is 2.32. The van der Waals surface area contributed by atoms with Crippen molar-refractivity contribution >= 4 is 11.4 Å². The quantitative estimate of drug-likeness (QED) is 0.821. The predicted octanol–water partition coefficient (Wildman–Crippen LogP) is 2.72. The van der Waals surface area contributed by atoms with Crippen molar-refractivity contribution in [1.29, 1.82) is 0 Å². The number of nitrogens with two attached hydrogens (primary N) is 2. The Morgan fingerprint density at radius 3 is 2.30 bits per heavy atom. The van der Waals surface area contributed by atoms with E-state index in [-0.39, 0.29) is 0 Å². The van der Waals surface area contributed by atoms with E-state index in [1.165, 1.54) is 0 Å². The number of anilines is 2. The molecule has 20 heavy (non-hydrogen) atoms. The molecule has 4 nitrogen and oxygen atoms in total. The van der Waals surface area contributed by atoms with Crippen molar-refractivity contribution in [3.8, 4) is 16.9 Å². The van der Waals surface area contributed by atoms with Gasteiger partial charge in [0.1, 0.15) is 5.75 Å². The van der Waals surface area contributed by atoms with Crippen LogP contribution < -0.4 is 16.2 Å². The zero-order chi connectivity index (χ0) is 14.5. The normalized spacial score (nSPS) is 10.5. The monoisotopic (exact) mass is 272 g/mol. The first-order valence-corrected chi connectivity index (χ1v) is 6.47. The molecule has 0 aliphatic heterocycles. The number of ether oxygens (including phenoxy) is 2. The Morgan fingerprint density at radius 2 is 1.70 bits per heavy atom. The number of hydrogen-bond acceptors (Lipinski definition) is 4. The maximum atomic E-state index is 6.10. The lowest BCUT2D eigenvalue weighted by Crippen LogP contribution is -2.03. The standard InChI is InChI=1S/C16H20N2O2/c1-19-8-7-14-15(9-12(17)10-16(14)18)11-3-5-13(20-2)6-4-11/h3-6,9-10H,7-8,17-18H2,1-2H3. The number of methoxy groups -OCH3 is 2. The third kappa shape index (κ3) is 3.03. The lowest BCUT2D eigenvalue weighted by molar-refractivity contribution is 0.202. The lowest BCUT2D eigenvalue weighted by atomic mass is 9.95. The first-order valence-electron chi connectivity index (χ1n) is 6.47. The summed E-state index contributed by atoms with van der Waals surface area (Å²) in [5.74, 6) is 0.823. The molecule has 0 bridgehead atoms. The Balaban J connectivity index is 2.46. The smallest absolute Gasteiger partial charge is 0.118 e. The number of nitrogen functional groups attached to an aromatic ring is 2. The van der Waals surface area contributed by atoms with Gasteiger partial charge in [0.15, 0.2) is 0 Å². The highest BCUT2D eigenvalue weighted by Gasteiger charge is 2.10. The maximum absolute atomic E-state index is 6.10. The van der Waals surface area contributed by atoms with Gasteiger partial charge in [-0.1, -0.05) is 12.1 Å². The second kappa shape index (κ2) is 6.30. The number of hydrogen-bond donors (Lipinski definition) is 2. The van der Waals surface area contributed by atoms with Gasteiger partial charge in [-0.3, -0.25) is 0 Å². The molecular weight excluding hydrogens is 252 g/mol. The largest absolute Gasteiger partial charge is 0.497 e. The van der Waals surface area contributed by atoms with Crippen molar-refractivity contribution < 1.29 is 9.47 Å². The first-order chi connectivity index (χ1) is 9.65. The van der Waals surface area contributed by atoms with Gasteiger partial charge >= 0.3 is 0 Å². The molecule has 0 saturated heterocycles. The minimum atomic E-state index is 0.622. The van der Waals surface area contributed by atoms with Gasteiger partial charge in [-0.2, -0.15) is 0 Å². The summed E-state index contributed by atoms with van der Waals surface area (Å²) in [5, 5.41) is 0. The lowest BCUT2D eigenvalue weighted by Gasteiger charge is -2.14. The molecule has 106 valence electrons. The fourth-order valence-electron chi connectivity index (χ4n) is 2.23. The summed E-state index contributed by atoms with van der Waals surface area (Å²) >= 11 is 0. The van der Waals surface area contributed by atoms with E-state index in [0.717, 1.165) is 28.9 Å². The molecular formula is C16H20N2O2. The molecule has 0 radical (unpaired) electrons. The summed E-state index contributed by atoms with van der Waals surface area (Å²) in [5.41, 5.74) is 16.5. The van der Waals surface area contributed by atoms with Gasteiger partial charge in [0.2, 0.25) is 0 Å². The Morgan fingerprint density at radius 1 is 1.00 bits per heavy atom. The molecule has 2 aromatic rings. The van der Waals surface area contributed by atoms with E-state index in [0.29, 0.717) is 18.0 Å². The highest BCUT2D eigenvalue weighted by molar-refractivity contribution is 5.77. The third-order valence-electron chi connectivity index (χ3n) is 3.26. The summed E-state index contributed by atoms with van der Waals surface area (Å²) in [7, 11) is 3.33. The molecule has 4 heteroatoms. The average Bonchev–Trinajstić information content (AvgIpc) is 2.46. The highest BCUT2D eigenvalue weighted by atomic mass is 16.5. The third-order valence-corrected chi connectivity index (χ3v) is 3.26. The summed E-state index contributed by atoms with van der Waals surface area (Å²) < 4.78 is 10.3. The van der Waals surface area contributed by atoms with Gasteiger partial charge in [0, 0.05) is 18.5 Å². The van der Waals surface area contributed by atoms with Crippen LogP contribution in [0, 0.1) is 0 Å². The van der Waals surface area contributed by atoms with E-state index in [1.54, 1.807) is 20.3 Å². The molecule has 0 aliphatic carbocycles. The molecule has 0 heterocycles.